The van der Waals surface area contributed by atoms with Crippen LogP contribution in [0.5, 0.6) is 5.75 Å². The molecule has 3 rings (SSSR count). The highest BCUT2D eigenvalue weighted by atomic mass is 79.9. The SMILES string of the molecule is Br.CCOc1ccc(N=c2scc(-c3ccc(C)cc3)n2C)cc1. The van der Waals surface area contributed by atoms with Gasteiger partial charge in [-0.05, 0) is 43.7 Å². The summed E-state index contributed by atoms with van der Waals surface area (Å²) in [6.45, 7) is 4.76. The van der Waals surface area contributed by atoms with E-state index < -0.39 is 0 Å². The Kier molecular flexibility index (Phi) is 6.40. The van der Waals surface area contributed by atoms with Crippen LogP contribution in [-0.2, 0) is 7.05 Å². The highest BCUT2D eigenvalue weighted by molar-refractivity contribution is 8.93. The first-order chi connectivity index (χ1) is 11.2. The smallest absolute Gasteiger partial charge is 0.190 e. The molecule has 3 nitrogen and oxygen atoms in total. The first-order valence-corrected chi connectivity index (χ1v) is 8.54. The summed E-state index contributed by atoms with van der Waals surface area (Å²) in [7, 11) is 2.05. The largest absolute Gasteiger partial charge is 0.494 e. The Labute approximate surface area is 157 Å². The minimum atomic E-state index is 0. The second kappa shape index (κ2) is 8.31. The Balaban J connectivity index is 0.00000208. The van der Waals surface area contributed by atoms with Crippen LogP contribution in [-0.4, -0.2) is 11.2 Å². The topological polar surface area (TPSA) is 26.5 Å². The van der Waals surface area contributed by atoms with E-state index in [1.165, 1.54) is 16.8 Å². The molecule has 1 heterocycles. The van der Waals surface area contributed by atoms with Crippen LogP contribution in [0.3, 0.4) is 0 Å². The van der Waals surface area contributed by atoms with Crippen molar-refractivity contribution < 1.29 is 4.74 Å². The number of rotatable bonds is 4. The molecule has 0 aliphatic rings. The van der Waals surface area contributed by atoms with Gasteiger partial charge in [0.1, 0.15) is 5.75 Å². The predicted octanol–water partition coefficient (Wildman–Crippen LogP) is 5.27. The molecule has 24 heavy (non-hydrogen) atoms. The molecule has 126 valence electrons. The number of thiazole rings is 1. The van der Waals surface area contributed by atoms with E-state index in [4.69, 9.17) is 9.73 Å². The van der Waals surface area contributed by atoms with Crippen molar-refractivity contribution in [3.8, 4) is 17.0 Å². The third kappa shape index (κ3) is 4.16. The molecule has 0 saturated heterocycles. The van der Waals surface area contributed by atoms with Crippen LogP contribution in [0.4, 0.5) is 5.69 Å². The van der Waals surface area contributed by atoms with E-state index in [1.807, 2.05) is 31.2 Å². The molecule has 0 radical (unpaired) electrons. The summed E-state index contributed by atoms with van der Waals surface area (Å²) in [5, 5.41) is 2.15. The van der Waals surface area contributed by atoms with Crippen LogP contribution in [0.2, 0.25) is 0 Å². The molecule has 0 unspecified atom stereocenters. The fourth-order valence-corrected chi connectivity index (χ4v) is 3.28. The molecule has 0 amide bonds. The number of aryl methyl sites for hydroxylation is 1. The summed E-state index contributed by atoms with van der Waals surface area (Å²) in [5.41, 5.74) is 4.59. The predicted molar refractivity (Wildman–Crippen MR) is 107 cm³/mol. The van der Waals surface area contributed by atoms with Gasteiger partial charge in [0.05, 0.1) is 18.0 Å². The van der Waals surface area contributed by atoms with Crippen LogP contribution in [0.25, 0.3) is 11.3 Å². The summed E-state index contributed by atoms with van der Waals surface area (Å²) in [5.74, 6) is 0.877. The molecular weight excluding hydrogens is 384 g/mol. The van der Waals surface area contributed by atoms with Crippen molar-refractivity contribution in [2.45, 2.75) is 13.8 Å². The van der Waals surface area contributed by atoms with Crippen molar-refractivity contribution in [1.29, 1.82) is 0 Å². The molecule has 0 spiro atoms. The van der Waals surface area contributed by atoms with Crippen molar-refractivity contribution in [2.24, 2.45) is 12.0 Å². The number of ether oxygens (including phenoxy) is 1. The van der Waals surface area contributed by atoms with Crippen molar-refractivity contribution in [3.05, 3.63) is 64.3 Å². The minimum absolute atomic E-state index is 0. The van der Waals surface area contributed by atoms with Gasteiger partial charge in [-0.3, -0.25) is 0 Å². The van der Waals surface area contributed by atoms with Gasteiger partial charge in [0.25, 0.3) is 0 Å². The maximum Gasteiger partial charge on any atom is 0.190 e. The standard InChI is InChI=1S/C19H20N2OS.BrH/c1-4-22-17-11-9-16(10-12-17)20-19-21(3)18(13-23-19)15-7-5-14(2)6-8-15;/h5-13H,4H2,1-3H3;1H. The molecule has 3 aromatic rings. The zero-order chi connectivity index (χ0) is 16.2. The van der Waals surface area contributed by atoms with Gasteiger partial charge in [-0.25, -0.2) is 4.99 Å². The number of aromatic nitrogens is 1. The fourth-order valence-electron chi connectivity index (χ4n) is 2.35. The lowest BCUT2D eigenvalue weighted by atomic mass is 10.1. The first-order valence-electron chi connectivity index (χ1n) is 7.66. The molecular formula is C19H21BrN2OS. The van der Waals surface area contributed by atoms with E-state index in [-0.39, 0.29) is 17.0 Å². The summed E-state index contributed by atoms with van der Waals surface area (Å²) in [4.78, 5) is 5.71. The Morgan fingerprint density at radius 1 is 1.04 bits per heavy atom. The minimum Gasteiger partial charge on any atom is -0.494 e. The van der Waals surface area contributed by atoms with Gasteiger partial charge in [0.2, 0.25) is 0 Å². The Hall–Kier alpha value is -1.85. The number of benzene rings is 2. The maximum absolute atomic E-state index is 5.46. The van der Waals surface area contributed by atoms with Crippen LogP contribution in [0.1, 0.15) is 12.5 Å². The van der Waals surface area contributed by atoms with Crippen LogP contribution in [0, 0.1) is 6.92 Å². The van der Waals surface area contributed by atoms with E-state index in [0.717, 1.165) is 16.2 Å². The van der Waals surface area contributed by atoms with E-state index in [9.17, 15) is 0 Å². The van der Waals surface area contributed by atoms with E-state index in [2.05, 4.69) is 48.2 Å². The molecule has 0 N–H and O–H groups in total. The van der Waals surface area contributed by atoms with Crippen molar-refractivity contribution >= 4 is 34.0 Å². The van der Waals surface area contributed by atoms with Crippen LogP contribution in [0.15, 0.2) is 58.9 Å². The summed E-state index contributed by atoms with van der Waals surface area (Å²) >= 11 is 1.65. The summed E-state index contributed by atoms with van der Waals surface area (Å²) < 4.78 is 7.59. The molecule has 5 heteroatoms. The number of hydrogen-bond donors (Lipinski definition) is 0. The molecule has 0 bridgehead atoms. The zero-order valence-corrected chi connectivity index (χ0v) is 16.6. The zero-order valence-electron chi connectivity index (χ0n) is 14.0. The van der Waals surface area contributed by atoms with Crippen molar-refractivity contribution in [2.75, 3.05) is 6.61 Å². The van der Waals surface area contributed by atoms with Gasteiger partial charge in [0.15, 0.2) is 4.80 Å². The van der Waals surface area contributed by atoms with Crippen LogP contribution < -0.4 is 9.54 Å². The lowest BCUT2D eigenvalue weighted by Gasteiger charge is -2.04. The highest BCUT2D eigenvalue weighted by Gasteiger charge is 2.04. The third-order valence-corrected chi connectivity index (χ3v) is 4.56. The number of halogens is 1. The normalized spacial score (nSPS) is 11.2. The maximum atomic E-state index is 5.46. The summed E-state index contributed by atoms with van der Waals surface area (Å²) in [6.07, 6.45) is 0. The summed E-state index contributed by atoms with van der Waals surface area (Å²) in [6, 6.07) is 16.4. The highest BCUT2D eigenvalue weighted by Crippen LogP contribution is 2.21. The van der Waals surface area contributed by atoms with Gasteiger partial charge in [-0.15, -0.1) is 28.3 Å². The van der Waals surface area contributed by atoms with Gasteiger partial charge in [0, 0.05) is 12.4 Å². The molecule has 0 atom stereocenters. The quantitative estimate of drug-likeness (QED) is 0.581. The number of nitrogens with zero attached hydrogens (tertiary/aromatic N) is 2. The molecule has 1 aromatic heterocycles. The second-order valence-electron chi connectivity index (χ2n) is 5.37. The molecule has 0 saturated carbocycles. The van der Waals surface area contributed by atoms with E-state index >= 15 is 0 Å². The average molecular weight is 405 g/mol. The molecule has 2 aromatic carbocycles. The molecule has 0 fully saturated rings. The van der Waals surface area contributed by atoms with E-state index in [1.54, 1.807) is 11.3 Å². The monoisotopic (exact) mass is 404 g/mol. The lowest BCUT2D eigenvalue weighted by molar-refractivity contribution is 0.340. The average Bonchev–Trinajstić information content (AvgIpc) is 2.91. The Morgan fingerprint density at radius 2 is 1.71 bits per heavy atom. The first kappa shape index (κ1) is 18.5. The Morgan fingerprint density at radius 3 is 2.33 bits per heavy atom. The Bertz CT molecular complexity index is 848. The van der Waals surface area contributed by atoms with Crippen molar-refractivity contribution in [3.63, 3.8) is 0 Å². The number of hydrogen-bond acceptors (Lipinski definition) is 3. The second-order valence-corrected chi connectivity index (χ2v) is 6.20. The van der Waals surface area contributed by atoms with Gasteiger partial charge in [-0.1, -0.05) is 29.8 Å². The van der Waals surface area contributed by atoms with Crippen LogP contribution >= 0.6 is 28.3 Å². The van der Waals surface area contributed by atoms with Gasteiger partial charge < -0.3 is 9.30 Å². The fraction of sp³-hybridized carbons (Fsp3) is 0.211. The lowest BCUT2D eigenvalue weighted by Crippen LogP contribution is -2.10. The van der Waals surface area contributed by atoms with Crippen molar-refractivity contribution in [1.82, 2.24) is 4.57 Å². The van der Waals surface area contributed by atoms with Gasteiger partial charge >= 0.3 is 0 Å². The third-order valence-electron chi connectivity index (χ3n) is 3.64. The molecule has 0 aliphatic carbocycles. The van der Waals surface area contributed by atoms with Gasteiger partial charge in [-0.2, -0.15) is 0 Å². The van der Waals surface area contributed by atoms with E-state index in [0.29, 0.717) is 6.61 Å². The molecule has 0 aliphatic heterocycles.